The first-order valence-electron chi connectivity index (χ1n) is 6.93. The highest BCUT2D eigenvalue weighted by atomic mass is 15.0. The van der Waals surface area contributed by atoms with Gasteiger partial charge in [0.15, 0.2) is 0 Å². The molecule has 0 spiro atoms. The molecule has 1 nitrogen and oxygen atoms in total. The van der Waals surface area contributed by atoms with Crippen LogP contribution in [0.3, 0.4) is 0 Å². The molecule has 1 heteroatoms. The van der Waals surface area contributed by atoms with Gasteiger partial charge in [-0.25, -0.2) is 0 Å². The molecule has 0 bridgehead atoms. The molecule has 0 fully saturated rings. The molecule has 0 aliphatic rings. The first-order chi connectivity index (χ1) is 9.10. The molecule has 0 radical (unpaired) electrons. The average molecular weight is 253 g/mol. The van der Waals surface area contributed by atoms with Gasteiger partial charge in [-0.05, 0) is 61.3 Å². The summed E-state index contributed by atoms with van der Waals surface area (Å²) >= 11 is 0. The summed E-state index contributed by atoms with van der Waals surface area (Å²) in [6.07, 6.45) is 1.09. The van der Waals surface area contributed by atoms with Gasteiger partial charge in [-0.2, -0.15) is 0 Å². The molecular weight excluding hydrogens is 230 g/mol. The summed E-state index contributed by atoms with van der Waals surface area (Å²) in [5, 5.41) is 0. The van der Waals surface area contributed by atoms with Crippen molar-refractivity contribution in [1.82, 2.24) is 4.90 Å². The molecule has 0 unspecified atom stereocenters. The Morgan fingerprint density at radius 3 is 2.42 bits per heavy atom. The lowest BCUT2D eigenvalue weighted by molar-refractivity contribution is 0.402. The molecule has 0 aliphatic heterocycles. The largest absolute Gasteiger partial charge is 0.305 e. The average Bonchev–Trinajstić information content (AvgIpc) is 2.39. The molecule has 2 rings (SSSR count). The Balaban J connectivity index is 2.41. The van der Waals surface area contributed by atoms with Crippen molar-refractivity contribution in [1.29, 1.82) is 0 Å². The Kier molecular flexibility index (Phi) is 4.39. The van der Waals surface area contributed by atoms with Crippen molar-refractivity contribution < 1.29 is 0 Å². The second-order valence-electron chi connectivity index (χ2n) is 5.44. The van der Waals surface area contributed by atoms with E-state index >= 15 is 0 Å². The van der Waals surface area contributed by atoms with Gasteiger partial charge in [0.2, 0.25) is 0 Å². The summed E-state index contributed by atoms with van der Waals surface area (Å²) < 4.78 is 0. The van der Waals surface area contributed by atoms with Crippen molar-refractivity contribution in [3.05, 3.63) is 59.2 Å². The minimum Gasteiger partial charge on any atom is -0.305 e. The molecular formula is C18H23N. The van der Waals surface area contributed by atoms with E-state index in [-0.39, 0.29) is 0 Å². The van der Waals surface area contributed by atoms with Crippen LogP contribution in [-0.2, 0) is 13.0 Å². The maximum Gasteiger partial charge on any atom is 0.0227 e. The third kappa shape index (κ3) is 3.45. The molecule has 100 valence electrons. The van der Waals surface area contributed by atoms with Crippen LogP contribution in [0.2, 0.25) is 0 Å². The number of benzene rings is 2. The second-order valence-corrected chi connectivity index (χ2v) is 5.44. The van der Waals surface area contributed by atoms with Gasteiger partial charge >= 0.3 is 0 Å². The fourth-order valence-corrected chi connectivity index (χ4v) is 2.40. The number of aryl methyl sites for hydroxylation is 2. The van der Waals surface area contributed by atoms with E-state index in [2.05, 4.69) is 75.3 Å². The molecule has 0 atom stereocenters. The third-order valence-corrected chi connectivity index (χ3v) is 3.45. The van der Waals surface area contributed by atoms with Crippen LogP contribution >= 0.6 is 0 Å². The number of hydrogen-bond donors (Lipinski definition) is 0. The van der Waals surface area contributed by atoms with E-state index in [1.165, 1.54) is 27.8 Å². The molecule has 0 aliphatic carbocycles. The van der Waals surface area contributed by atoms with Crippen molar-refractivity contribution >= 4 is 0 Å². The number of hydrogen-bond acceptors (Lipinski definition) is 1. The monoisotopic (exact) mass is 253 g/mol. The van der Waals surface area contributed by atoms with Crippen LogP contribution in [-0.4, -0.2) is 19.0 Å². The van der Waals surface area contributed by atoms with Crippen molar-refractivity contribution in [2.24, 2.45) is 0 Å². The van der Waals surface area contributed by atoms with Crippen LogP contribution in [0.25, 0.3) is 11.1 Å². The molecule has 0 heterocycles. The van der Waals surface area contributed by atoms with Crippen molar-refractivity contribution in [2.45, 2.75) is 26.8 Å². The van der Waals surface area contributed by atoms with Crippen LogP contribution in [0.4, 0.5) is 0 Å². The summed E-state index contributed by atoms with van der Waals surface area (Å²) in [5.74, 6) is 0. The smallest absolute Gasteiger partial charge is 0.0227 e. The van der Waals surface area contributed by atoms with Crippen LogP contribution in [0.1, 0.15) is 23.6 Å². The Hall–Kier alpha value is -1.60. The van der Waals surface area contributed by atoms with Gasteiger partial charge in [0.05, 0.1) is 0 Å². The summed E-state index contributed by atoms with van der Waals surface area (Å²) in [6.45, 7) is 5.38. The number of nitrogens with zero attached hydrogens (tertiary/aromatic N) is 1. The van der Waals surface area contributed by atoms with Crippen LogP contribution in [0.5, 0.6) is 0 Å². The van der Waals surface area contributed by atoms with Crippen molar-refractivity contribution in [3.8, 4) is 11.1 Å². The fraction of sp³-hybridized carbons (Fsp3) is 0.333. The van der Waals surface area contributed by atoms with E-state index in [0.29, 0.717) is 0 Å². The van der Waals surface area contributed by atoms with Gasteiger partial charge in [-0.15, -0.1) is 0 Å². The van der Waals surface area contributed by atoms with E-state index in [0.717, 1.165) is 13.0 Å². The van der Waals surface area contributed by atoms with Crippen LogP contribution < -0.4 is 0 Å². The maximum atomic E-state index is 2.32. The number of rotatable bonds is 4. The highest BCUT2D eigenvalue weighted by Crippen LogP contribution is 2.26. The lowest BCUT2D eigenvalue weighted by atomic mass is 9.96. The van der Waals surface area contributed by atoms with E-state index in [9.17, 15) is 0 Å². The van der Waals surface area contributed by atoms with Gasteiger partial charge in [-0.3, -0.25) is 0 Å². The van der Waals surface area contributed by atoms with Gasteiger partial charge in [0, 0.05) is 6.54 Å². The lowest BCUT2D eigenvalue weighted by Crippen LogP contribution is -2.10. The van der Waals surface area contributed by atoms with Gasteiger partial charge < -0.3 is 4.90 Å². The summed E-state index contributed by atoms with van der Waals surface area (Å²) in [6, 6.07) is 15.6. The molecule has 0 saturated carbocycles. The van der Waals surface area contributed by atoms with Crippen molar-refractivity contribution in [2.75, 3.05) is 14.1 Å². The lowest BCUT2D eigenvalue weighted by Gasteiger charge is -2.13. The Bertz CT molecular complexity index is 555. The Morgan fingerprint density at radius 2 is 1.74 bits per heavy atom. The Morgan fingerprint density at radius 1 is 0.947 bits per heavy atom. The summed E-state index contributed by atoms with van der Waals surface area (Å²) in [7, 11) is 4.21. The predicted octanol–water partition coefficient (Wildman–Crippen LogP) is 4.29. The fourth-order valence-electron chi connectivity index (χ4n) is 2.40. The van der Waals surface area contributed by atoms with Gasteiger partial charge in [-0.1, -0.05) is 43.3 Å². The SMILES string of the molecule is CCc1ccc(C)c(-c2cccc(CN(C)C)c2)c1. The normalized spacial score (nSPS) is 11.0. The highest BCUT2D eigenvalue weighted by molar-refractivity contribution is 5.68. The van der Waals surface area contributed by atoms with Gasteiger partial charge in [0.25, 0.3) is 0 Å². The predicted molar refractivity (Wildman–Crippen MR) is 83.4 cm³/mol. The minimum atomic E-state index is 0.986. The van der Waals surface area contributed by atoms with E-state index in [1.807, 2.05) is 0 Å². The van der Waals surface area contributed by atoms with Gasteiger partial charge in [0.1, 0.15) is 0 Å². The van der Waals surface area contributed by atoms with Crippen LogP contribution in [0, 0.1) is 6.92 Å². The van der Waals surface area contributed by atoms with Crippen molar-refractivity contribution in [3.63, 3.8) is 0 Å². The zero-order chi connectivity index (χ0) is 13.8. The first-order valence-corrected chi connectivity index (χ1v) is 6.93. The minimum absolute atomic E-state index is 0.986. The molecule has 0 amide bonds. The molecule has 0 aromatic heterocycles. The summed E-state index contributed by atoms with van der Waals surface area (Å²) in [5.41, 5.74) is 6.80. The maximum absolute atomic E-state index is 2.32. The molecule has 0 saturated heterocycles. The van der Waals surface area contributed by atoms with E-state index < -0.39 is 0 Å². The molecule has 2 aromatic rings. The molecule has 19 heavy (non-hydrogen) atoms. The first kappa shape index (κ1) is 13.8. The van der Waals surface area contributed by atoms with Crippen LogP contribution in [0.15, 0.2) is 42.5 Å². The molecule has 2 aromatic carbocycles. The second kappa shape index (κ2) is 6.03. The molecule has 0 N–H and O–H groups in total. The summed E-state index contributed by atoms with van der Waals surface area (Å²) in [4.78, 5) is 2.20. The quantitative estimate of drug-likeness (QED) is 0.786. The topological polar surface area (TPSA) is 3.24 Å². The zero-order valence-corrected chi connectivity index (χ0v) is 12.4. The third-order valence-electron chi connectivity index (χ3n) is 3.45. The Labute approximate surface area is 116 Å². The van der Waals surface area contributed by atoms with E-state index in [4.69, 9.17) is 0 Å². The van der Waals surface area contributed by atoms with E-state index in [1.54, 1.807) is 0 Å². The highest BCUT2D eigenvalue weighted by Gasteiger charge is 2.04. The standard InChI is InChI=1S/C18H23N/c1-5-15-10-9-14(2)18(12-15)17-8-6-7-16(11-17)13-19(3)4/h6-12H,5,13H2,1-4H3. The zero-order valence-electron chi connectivity index (χ0n) is 12.4.